The fourth-order valence-corrected chi connectivity index (χ4v) is 3.80. The quantitative estimate of drug-likeness (QED) is 0.918. The summed E-state index contributed by atoms with van der Waals surface area (Å²) in [6, 6.07) is 3.67. The van der Waals surface area contributed by atoms with E-state index in [1.807, 2.05) is 26.8 Å². The van der Waals surface area contributed by atoms with Crippen LogP contribution in [0.15, 0.2) is 12.1 Å². The maximum Gasteiger partial charge on any atom is 0.161 e. The molecule has 2 heterocycles. The van der Waals surface area contributed by atoms with E-state index in [-0.39, 0.29) is 23.5 Å². The van der Waals surface area contributed by atoms with Crippen LogP contribution in [0, 0.1) is 0 Å². The van der Waals surface area contributed by atoms with Crippen LogP contribution in [0.1, 0.15) is 48.5 Å². The van der Waals surface area contributed by atoms with E-state index in [1.165, 1.54) is 7.11 Å². The average molecular weight is 338 g/mol. The fourth-order valence-electron chi connectivity index (χ4n) is 3.80. The molecule has 0 aromatic heterocycles. The molecule has 0 radical (unpaired) electrons. The van der Waals surface area contributed by atoms with Gasteiger partial charge >= 0.3 is 0 Å². The van der Waals surface area contributed by atoms with E-state index in [1.54, 1.807) is 6.07 Å². The van der Waals surface area contributed by atoms with Crippen LogP contribution in [0.5, 0.6) is 11.5 Å². The minimum atomic E-state index is -2.53. The van der Waals surface area contributed by atoms with Crippen LogP contribution in [-0.4, -0.2) is 55.1 Å². The molecule has 0 unspecified atom stereocenters. The van der Waals surface area contributed by atoms with Gasteiger partial charge < -0.3 is 19.3 Å². The second-order valence-electron chi connectivity index (χ2n) is 7.64. The van der Waals surface area contributed by atoms with Gasteiger partial charge in [-0.25, -0.2) is 0 Å². The number of piperidine rings is 1. The molecule has 24 heavy (non-hydrogen) atoms. The smallest absolute Gasteiger partial charge is 0.161 e. The number of aliphatic hydroxyl groups is 1. The minimum Gasteiger partial charge on any atom is -0.493 e. The second-order valence-corrected chi connectivity index (χ2v) is 7.64. The maximum absolute atomic E-state index is 10.6. The number of hydrogen-bond donors (Lipinski definition) is 1. The summed E-state index contributed by atoms with van der Waals surface area (Å²) in [4.78, 5) is 2.33. The van der Waals surface area contributed by atoms with E-state index < -0.39 is 13.1 Å². The molecule has 0 aliphatic carbocycles. The normalized spacial score (nSPS) is 29.7. The van der Waals surface area contributed by atoms with Gasteiger partial charge in [-0.05, 0) is 56.9 Å². The molecule has 3 atom stereocenters. The van der Waals surface area contributed by atoms with Crippen molar-refractivity contribution in [2.45, 2.75) is 57.5 Å². The highest BCUT2D eigenvalue weighted by molar-refractivity contribution is 5.49. The Bertz CT molecular complexity index is 687. The Morgan fingerprint density at radius 1 is 1.25 bits per heavy atom. The summed E-state index contributed by atoms with van der Waals surface area (Å²) in [6.07, 6.45) is 0.575. The lowest BCUT2D eigenvalue weighted by Gasteiger charge is -2.46. The lowest BCUT2D eigenvalue weighted by Crippen LogP contribution is -2.53. The summed E-state index contributed by atoms with van der Waals surface area (Å²) in [5.41, 5.74) is 1.79. The number of aliphatic hydroxyl groups excluding tert-OH is 1. The number of methoxy groups -OCH3 is 2. The zero-order valence-corrected chi connectivity index (χ0v) is 14.8. The van der Waals surface area contributed by atoms with Gasteiger partial charge in [0.25, 0.3) is 0 Å². The Labute approximate surface area is 148 Å². The molecule has 5 heteroatoms. The van der Waals surface area contributed by atoms with Crippen LogP contribution >= 0.6 is 0 Å². The van der Waals surface area contributed by atoms with Crippen LogP contribution < -0.4 is 9.47 Å². The fraction of sp³-hybridized carbons (Fsp3) is 0.684. The second kappa shape index (κ2) is 6.54. The van der Waals surface area contributed by atoms with Gasteiger partial charge in [0, 0.05) is 19.1 Å². The van der Waals surface area contributed by atoms with E-state index in [0.29, 0.717) is 18.7 Å². The number of nitrogens with zero attached hydrogens (tertiary/aromatic N) is 1. The van der Waals surface area contributed by atoms with Crippen molar-refractivity contribution in [1.29, 1.82) is 0 Å². The summed E-state index contributed by atoms with van der Waals surface area (Å²) in [5, 5.41) is 10.6. The van der Waals surface area contributed by atoms with Crippen LogP contribution in [-0.2, 0) is 11.2 Å². The van der Waals surface area contributed by atoms with Crippen LogP contribution in [0.2, 0.25) is 0 Å². The van der Waals surface area contributed by atoms with E-state index >= 15 is 0 Å². The minimum absolute atomic E-state index is 0.0549. The first-order valence-corrected chi connectivity index (χ1v) is 8.46. The Kier molecular flexibility index (Phi) is 3.80. The molecule has 2 aliphatic heterocycles. The van der Waals surface area contributed by atoms with Crippen molar-refractivity contribution < 1.29 is 23.4 Å². The van der Waals surface area contributed by atoms with Gasteiger partial charge in [-0.1, -0.05) is 0 Å². The monoisotopic (exact) mass is 338 g/mol. The third-order valence-electron chi connectivity index (χ3n) is 4.82. The van der Waals surface area contributed by atoms with Gasteiger partial charge in [-0.15, -0.1) is 0 Å². The molecule has 1 saturated heterocycles. The summed E-state index contributed by atoms with van der Waals surface area (Å²) in [6.45, 7) is 7.48. The van der Waals surface area contributed by atoms with Crippen LogP contribution in [0.4, 0.5) is 0 Å². The Hall–Kier alpha value is -1.30. The molecule has 1 fully saturated rings. The number of fused-ring (bicyclic) bond motifs is 3. The summed E-state index contributed by atoms with van der Waals surface area (Å²) < 4.78 is 38.6. The number of hydrogen-bond acceptors (Lipinski definition) is 5. The molecule has 1 aromatic carbocycles. The van der Waals surface area contributed by atoms with Crippen LogP contribution in [0.3, 0.4) is 0 Å². The van der Waals surface area contributed by atoms with Crippen molar-refractivity contribution >= 4 is 0 Å². The highest BCUT2D eigenvalue weighted by Crippen LogP contribution is 2.42. The summed E-state index contributed by atoms with van der Waals surface area (Å²) >= 11 is 0. The SMILES string of the molecule is [2H]C([2H])([2H])Oc1cc2c(cc1OC)[C@H]1C[C@@H](O)[C@H](OC(C)(C)C)CN1CC2. The van der Waals surface area contributed by atoms with Gasteiger partial charge in [0.1, 0.15) is 0 Å². The molecule has 2 aliphatic rings. The highest BCUT2D eigenvalue weighted by Gasteiger charge is 2.40. The summed E-state index contributed by atoms with van der Waals surface area (Å²) in [7, 11) is -1.03. The molecule has 0 amide bonds. The molecule has 1 N–H and O–H groups in total. The van der Waals surface area contributed by atoms with Gasteiger partial charge in [0.2, 0.25) is 0 Å². The third kappa shape index (κ3) is 3.39. The molecular weight excluding hydrogens is 306 g/mol. The lowest BCUT2D eigenvalue weighted by molar-refractivity contribution is -0.149. The van der Waals surface area contributed by atoms with Crippen molar-refractivity contribution in [2.24, 2.45) is 0 Å². The topological polar surface area (TPSA) is 51.2 Å². The third-order valence-corrected chi connectivity index (χ3v) is 4.82. The molecular formula is C19H29NO4. The molecule has 1 aromatic rings. The highest BCUT2D eigenvalue weighted by atomic mass is 16.5. The number of ether oxygens (including phenoxy) is 3. The predicted octanol–water partition coefficient (Wildman–Crippen LogP) is 2.55. The zero-order valence-electron chi connectivity index (χ0n) is 17.8. The lowest BCUT2D eigenvalue weighted by atomic mass is 9.84. The van der Waals surface area contributed by atoms with E-state index in [4.69, 9.17) is 18.3 Å². The van der Waals surface area contributed by atoms with Crippen molar-refractivity contribution in [1.82, 2.24) is 4.90 Å². The molecule has 0 bridgehead atoms. The Balaban J connectivity index is 1.86. The molecule has 0 spiro atoms. The maximum atomic E-state index is 10.6. The number of benzene rings is 1. The standard InChI is InChI=1S/C19H29NO4/c1-19(2,3)24-18-11-20-7-6-12-8-16(22-4)17(23-5)9-13(12)14(20)10-15(18)21/h8-9,14-15,18,21H,6-7,10-11H2,1-5H3/t14-,15-,18-/m1/s1/i4D3. The van der Waals surface area contributed by atoms with E-state index in [9.17, 15) is 5.11 Å². The molecule has 5 nitrogen and oxygen atoms in total. The van der Waals surface area contributed by atoms with Gasteiger partial charge in [0.15, 0.2) is 11.5 Å². The van der Waals surface area contributed by atoms with Gasteiger partial charge in [-0.3, -0.25) is 4.90 Å². The number of rotatable bonds is 3. The first-order chi connectivity index (χ1) is 12.5. The first-order valence-electron chi connectivity index (χ1n) is 9.96. The van der Waals surface area contributed by atoms with Gasteiger partial charge in [0.05, 0.1) is 36.1 Å². The Morgan fingerprint density at radius 2 is 2.00 bits per heavy atom. The van der Waals surface area contributed by atoms with Crippen molar-refractivity contribution in [2.75, 3.05) is 27.2 Å². The van der Waals surface area contributed by atoms with E-state index in [0.717, 1.165) is 24.1 Å². The van der Waals surface area contributed by atoms with Gasteiger partial charge in [-0.2, -0.15) is 0 Å². The predicted molar refractivity (Wildman–Crippen MR) is 92.8 cm³/mol. The summed E-state index contributed by atoms with van der Waals surface area (Å²) in [5.74, 6) is 0.629. The van der Waals surface area contributed by atoms with Crippen molar-refractivity contribution in [3.8, 4) is 11.5 Å². The molecule has 3 rings (SSSR count). The van der Waals surface area contributed by atoms with Crippen molar-refractivity contribution in [3.05, 3.63) is 23.3 Å². The molecule has 0 saturated carbocycles. The average Bonchev–Trinajstić information content (AvgIpc) is 2.52. The molecule has 134 valence electrons. The van der Waals surface area contributed by atoms with Crippen LogP contribution in [0.25, 0.3) is 0 Å². The largest absolute Gasteiger partial charge is 0.493 e. The van der Waals surface area contributed by atoms with Crippen molar-refractivity contribution in [3.63, 3.8) is 0 Å². The first kappa shape index (κ1) is 13.9. The Morgan fingerprint density at radius 3 is 2.67 bits per heavy atom. The van der Waals surface area contributed by atoms with E-state index in [2.05, 4.69) is 4.90 Å². The zero-order chi connectivity index (χ0) is 20.0.